The van der Waals surface area contributed by atoms with Crippen LogP contribution in [0, 0.1) is 5.92 Å². The topological polar surface area (TPSA) is 74.9 Å². The largest absolute Gasteiger partial charge is 0.469 e. The zero-order valence-corrected chi connectivity index (χ0v) is 16.9. The van der Waals surface area contributed by atoms with Crippen molar-refractivity contribution in [1.82, 2.24) is 15.6 Å². The molecule has 0 radical (unpaired) electrons. The van der Waals surface area contributed by atoms with Gasteiger partial charge in [0.1, 0.15) is 11.6 Å². The lowest BCUT2D eigenvalue weighted by Gasteiger charge is -2.33. The van der Waals surface area contributed by atoms with Gasteiger partial charge in [-0.1, -0.05) is 6.07 Å². The van der Waals surface area contributed by atoms with E-state index in [1.54, 1.807) is 6.26 Å². The van der Waals surface area contributed by atoms with Gasteiger partial charge in [-0.3, -0.25) is 4.99 Å². The highest BCUT2D eigenvalue weighted by Gasteiger charge is 2.21. The van der Waals surface area contributed by atoms with E-state index in [9.17, 15) is 0 Å². The van der Waals surface area contributed by atoms with Crippen molar-refractivity contribution in [2.45, 2.75) is 31.7 Å². The standard InChI is InChI=1S/C22H31N5O2/c1-2-10-23-21(5-1)27-12-7-19(8-13-27)26-22(25-16-18-9-15-28-17-18)24-11-6-20-4-3-14-29-20/h1-5,10,14,18-19H,6-9,11-13,15-17H2,(H2,24,25,26). The van der Waals surface area contributed by atoms with Crippen LogP contribution in [0.5, 0.6) is 0 Å². The monoisotopic (exact) mass is 397 g/mol. The Morgan fingerprint density at radius 2 is 2.10 bits per heavy atom. The van der Waals surface area contributed by atoms with Crippen molar-refractivity contribution in [2.75, 3.05) is 44.3 Å². The molecular weight excluding hydrogens is 366 g/mol. The number of nitrogens with zero attached hydrogens (tertiary/aromatic N) is 3. The highest BCUT2D eigenvalue weighted by molar-refractivity contribution is 5.80. The number of piperidine rings is 1. The molecule has 7 heteroatoms. The Balaban J connectivity index is 1.28. The van der Waals surface area contributed by atoms with E-state index < -0.39 is 0 Å². The summed E-state index contributed by atoms with van der Waals surface area (Å²) < 4.78 is 10.9. The first-order valence-electron chi connectivity index (χ1n) is 10.7. The van der Waals surface area contributed by atoms with Crippen LogP contribution in [-0.2, 0) is 11.2 Å². The summed E-state index contributed by atoms with van der Waals surface area (Å²) in [6.07, 6.45) is 7.67. The van der Waals surface area contributed by atoms with Crippen LogP contribution < -0.4 is 15.5 Å². The fourth-order valence-electron chi connectivity index (χ4n) is 3.85. The molecule has 0 spiro atoms. The molecule has 7 nitrogen and oxygen atoms in total. The van der Waals surface area contributed by atoms with E-state index in [2.05, 4.69) is 26.6 Å². The lowest BCUT2D eigenvalue weighted by Crippen LogP contribution is -2.49. The third kappa shape index (κ3) is 5.97. The van der Waals surface area contributed by atoms with Crippen LogP contribution in [0.4, 0.5) is 5.82 Å². The average Bonchev–Trinajstić information content (AvgIpc) is 3.47. The van der Waals surface area contributed by atoms with E-state index in [1.807, 2.05) is 30.5 Å². The molecule has 156 valence electrons. The van der Waals surface area contributed by atoms with Crippen molar-refractivity contribution in [3.8, 4) is 0 Å². The third-order valence-corrected chi connectivity index (χ3v) is 5.58. The molecular formula is C22H31N5O2. The van der Waals surface area contributed by atoms with E-state index in [-0.39, 0.29) is 0 Å². The SMILES string of the molecule is c1ccc(N2CCC(NC(=NCC3CCOC3)NCCc3ccco3)CC2)nc1. The van der Waals surface area contributed by atoms with Crippen LogP contribution >= 0.6 is 0 Å². The number of aliphatic imine (C=N–C) groups is 1. The quantitative estimate of drug-likeness (QED) is 0.552. The summed E-state index contributed by atoms with van der Waals surface area (Å²) in [5, 5.41) is 7.14. The zero-order valence-electron chi connectivity index (χ0n) is 16.9. The summed E-state index contributed by atoms with van der Waals surface area (Å²) in [5.74, 6) is 3.49. The van der Waals surface area contributed by atoms with Gasteiger partial charge >= 0.3 is 0 Å². The molecule has 0 aliphatic carbocycles. The first kappa shape index (κ1) is 19.8. The van der Waals surface area contributed by atoms with E-state index >= 15 is 0 Å². The van der Waals surface area contributed by atoms with Crippen molar-refractivity contribution in [2.24, 2.45) is 10.9 Å². The van der Waals surface area contributed by atoms with Crippen LogP contribution in [0.1, 0.15) is 25.0 Å². The molecule has 0 bridgehead atoms. The maximum Gasteiger partial charge on any atom is 0.191 e. The summed E-state index contributed by atoms with van der Waals surface area (Å²) in [6, 6.07) is 10.5. The molecule has 29 heavy (non-hydrogen) atoms. The van der Waals surface area contributed by atoms with E-state index in [1.165, 1.54) is 0 Å². The summed E-state index contributed by atoms with van der Waals surface area (Å²) in [6.45, 7) is 5.30. The van der Waals surface area contributed by atoms with Gasteiger partial charge in [0.2, 0.25) is 0 Å². The number of hydrogen-bond donors (Lipinski definition) is 2. The number of furan rings is 1. The molecule has 2 N–H and O–H groups in total. The molecule has 0 amide bonds. The minimum Gasteiger partial charge on any atom is -0.469 e. The number of aromatic nitrogens is 1. The Morgan fingerprint density at radius 1 is 1.17 bits per heavy atom. The van der Waals surface area contributed by atoms with Crippen LogP contribution in [0.2, 0.25) is 0 Å². The van der Waals surface area contributed by atoms with Crippen LogP contribution in [-0.4, -0.2) is 56.4 Å². The van der Waals surface area contributed by atoms with Crippen molar-refractivity contribution < 1.29 is 9.15 Å². The molecule has 4 heterocycles. The van der Waals surface area contributed by atoms with Crippen LogP contribution in [0.15, 0.2) is 52.2 Å². The number of hydrogen-bond acceptors (Lipinski definition) is 5. The van der Waals surface area contributed by atoms with Gasteiger partial charge < -0.3 is 24.7 Å². The third-order valence-electron chi connectivity index (χ3n) is 5.58. The molecule has 2 aromatic rings. The number of nitrogens with one attached hydrogen (secondary N) is 2. The molecule has 2 aliphatic heterocycles. The Bertz CT molecular complexity index is 736. The number of rotatable bonds is 7. The molecule has 2 saturated heterocycles. The second-order valence-electron chi connectivity index (χ2n) is 7.77. The Hall–Kier alpha value is -2.54. The van der Waals surface area contributed by atoms with Crippen molar-refractivity contribution in [3.05, 3.63) is 48.6 Å². The summed E-state index contributed by atoms with van der Waals surface area (Å²) in [5.41, 5.74) is 0. The Kier molecular flexibility index (Phi) is 7.02. The lowest BCUT2D eigenvalue weighted by molar-refractivity contribution is 0.187. The van der Waals surface area contributed by atoms with E-state index in [0.717, 1.165) is 82.6 Å². The van der Waals surface area contributed by atoms with E-state index in [4.69, 9.17) is 14.1 Å². The fraction of sp³-hybridized carbons (Fsp3) is 0.545. The van der Waals surface area contributed by atoms with Crippen LogP contribution in [0.25, 0.3) is 0 Å². The number of ether oxygens (including phenoxy) is 1. The van der Waals surface area contributed by atoms with Gasteiger partial charge in [-0.25, -0.2) is 4.98 Å². The highest BCUT2D eigenvalue weighted by atomic mass is 16.5. The fourth-order valence-corrected chi connectivity index (χ4v) is 3.85. The average molecular weight is 398 g/mol. The van der Waals surface area contributed by atoms with Gasteiger partial charge in [0.25, 0.3) is 0 Å². The summed E-state index contributed by atoms with van der Waals surface area (Å²) in [4.78, 5) is 11.7. The second-order valence-corrected chi connectivity index (χ2v) is 7.77. The number of guanidine groups is 1. The first-order valence-corrected chi connectivity index (χ1v) is 10.7. The first-order chi connectivity index (χ1) is 14.4. The van der Waals surface area contributed by atoms with Crippen molar-refractivity contribution >= 4 is 11.8 Å². The highest BCUT2D eigenvalue weighted by Crippen LogP contribution is 2.17. The molecule has 0 aromatic carbocycles. The van der Waals surface area contributed by atoms with Crippen LogP contribution in [0.3, 0.4) is 0 Å². The predicted molar refractivity (Wildman–Crippen MR) is 114 cm³/mol. The van der Waals surface area contributed by atoms with Crippen molar-refractivity contribution in [1.29, 1.82) is 0 Å². The lowest BCUT2D eigenvalue weighted by atomic mass is 10.1. The van der Waals surface area contributed by atoms with E-state index in [0.29, 0.717) is 12.0 Å². The maximum atomic E-state index is 5.49. The van der Waals surface area contributed by atoms with Crippen molar-refractivity contribution in [3.63, 3.8) is 0 Å². The zero-order chi connectivity index (χ0) is 19.7. The number of pyridine rings is 1. The Labute approximate surface area is 172 Å². The molecule has 2 aromatic heterocycles. The molecule has 4 rings (SSSR count). The van der Waals surface area contributed by atoms with Gasteiger partial charge in [0.15, 0.2) is 5.96 Å². The maximum absolute atomic E-state index is 5.49. The number of anilines is 1. The van der Waals surface area contributed by atoms with Gasteiger partial charge in [0, 0.05) is 57.4 Å². The minimum atomic E-state index is 0.421. The Morgan fingerprint density at radius 3 is 2.83 bits per heavy atom. The molecule has 2 fully saturated rings. The van der Waals surface area contributed by atoms with Gasteiger partial charge in [-0.2, -0.15) is 0 Å². The van der Waals surface area contributed by atoms with Gasteiger partial charge in [-0.05, 0) is 43.5 Å². The minimum absolute atomic E-state index is 0.421. The molecule has 1 atom stereocenters. The smallest absolute Gasteiger partial charge is 0.191 e. The molecule has 0 saturated carbocycles. The second kappa shape index (κ2) is 10.3. The van der Waals surface area contributed by atoms with Gasteiger partial charge in [0.05, 0.1) is 12.9 Å². The summed E-state index contributed by atoms with van der Waals surface area (Å²) >= 11 is 0. The predicted octanol–water partition coefficient (Wildman–Crippen LogP) is 2.46. The summed E-state index contributed by atoms with van der Waals surface area (Å²) in [7, 11) is 0. The molecule has 1 unspecified atom stereocenters. The van der Waals surface area contributed by atoms with Gasteiger partial charge in [-0.15, -0.1) is 0 Å². The molecule has 2 aliphatic rings. The normalized spacial score (nSPS) is 20.8.